The summed E-state index contributed by atoms with van der Waals surface area (Å²) in [5, 5.41) is 0.431. The minimum Gasteiger partial charge on any atom is -0.381 e. The van der Waals surface area contributed by atoms with Crippen LogP contribution in [0.2, 0.25) is 5.15 Å². The molecular weight excluding hydrogens is 328 g/mol. The summed E-state index contributed by atoms with van der Waals surface area (Å²) in [6.07, 6.45) is 0.653. The van der Waals surface area contributed by atoms with Crippen LogP contribution in [-0.2, 0) is 11.2 Å². The maximum atomic E-state index is 6.14. The van der Waals surface area contributed by atoms with Gasteiger partial charge in [0.15, 0.2) is 0 Å². The first-order chi connectivity index (χ1) is 9.22. The standard InChI is InChI=1S/C14H14BrClN2O/c1-2-19-9-8-11-17-13(12(15)14(16)18-11)10-6-4-3-5-7-10/h3-7H,2,8-9H2,1H3. The number of rotatable bonds is 5. The summed E-state index contributed by atoms with van der Waals surface area (Å²) in [6.45, 7) is 3.25. The van der Waals surface area contributed by atoms with Crippen LogP contribution in [0.15, 0.2) is 34.8 Å². The van der Waals surface area contributed by atoms with Crippen LogP contribution in [0.1, 0.15) is 12.7 Å². The van der Waals surface area contributed by atoms with Gasteiger partial charge in [-0.25, -0.2) is 9.97 Å². The maximum absolute atomic E-state index is 6.14. The number of halogens is 2. The van der Waals surface area contributed by atoms with Gasteiger partial charge in [-0.1, -0.05) is 41.9 Å². The number of hydrogen-bond donors (Lipinski definition) is 0. The van der Waals surface area contributed by atoms with Crippen LogP contribution in [-0.4, -0.2) is 23.2 Å². The van der Waals surface area contributed by atoms with Crippen molar-refractivity contribution in [3.63, 3.8) is 0 Å². The summed E-state index contributed by atoms with van der Waals surface area (Å²) in [6, 6.07) is 9.90. The van der Waals surface area contributed by atoms with Gasteiger partial charge in [0.2, 0.25) is 0 Å². The molecule has 2 aromatic rings. The number of aromatic nitrogens is 2. The van der Waals surface area contributed by atoms with Crippen molar-refractivity contribution in [3.8, 4) is 11.3 Å². The molecule has 0 aliphatic carbocycles. The van der Waals surface area contributed by atoms with E-state index in [-0.39, 0.29) is 0 Å². The van der Waals surface area contributed by atoms with E-state index in [0.717, 1.165) is 15.7 Å². The second kappa shape index (κ2) is 6.98. The van der Waals surface area contributed by atoms with Crippen molar-refractivity contribution >= 4 is 27.5 Å². The molecule has 0 amide bonds. The van der Waals surface area contributed by atoms with Crippen LogP contribution < -0.4 is 0 Å². The minimum atomic E-state index is 0.431. The fourth-order valence-electron chi connectivity index (χ4n) is 1.67. The normalized spacial score (nSPS) is 10.7. The Labute approximate surface area is 126 Å². The Balaban J connectivity index is 2.32. The zero-order chi connectivity index (χ0) is 13.7. The fourth-order valence-corrected chi connectivity index (χ4v) is 2.26. The number of benzene rings is 1. The van der Waals surface area contributed by atoms with Gasteiger partial charge in [-0.05, 0) is 22.9 Å². The van der Waals surface area contributed by atoms with Crippen molar-refractivity contribution < 1.29 is 4.74 Å². The Kier molecular flexibility index (Phi) is 5.31. The zero-order valence-corrected chi connectivity index (χ0v) is 12.9. The van der Waals surface area contributed by atoms with Gasteiger partial charge in [0.25, 0.3) is 0 Å². The Bertz CT molecular complexity index is 549. The van der Waals surface area contributed by atoms with Crippen LogP contribution in [0.25, 0.3) is 11.3 Å². The fraction of sp³-hybridized carbons (Fsp3) is 0.286. The van der Waals surface area contributed by atoms with Gasteiger partial charge >= 0.3 is 0 Å². The molecule has 0 saturated heterocycles. The van der Waals surface area contributed by atoms with Gasteiger partial charge in [0, 0.05) is 18.6 Å². The predicted octanol–water partition coefficient (Wildman–Crippen LogP) is 4.14. The molecule has 0 aliphatic rings. The van der Waals surface area contributed by atoms with Crippen molar-refractivity contribution in [1.29, 1.82) is 0 Å². The Hall–Kier alpha value is -0.970. The quantitative estimate of drug-likeness (QED) is 0.605. The van der Waals surface area contributed by atoms with E-state index >= 15 is 0 Å². The monoisotopic (exact) mass is 340 g/mol. The smallest absolute Gasteiger partial charge is 0.147 e. The molecule has 0 spiro atoms. The van der Waals surface area contributed by atoms with E-state index in [9.17, 15) is 0 Å². The Morgan fingerprint density at radius 1 is 1.21 bits per heavy atom. The van der Waals surface area contributed by atoms with Crippen molar-refractivity contribution in [2.24, 2.45) is 0 Å². The highest BCUT2D eigenvalue weighted by molar-refractivity contribution is 9.10. The first-order valence-electron chi connectivity index (χ1n) is 6.07. The second-order valence-corrected chi connectivity index (χ2v) is 5.06. The van der Waals surface area contributed by atoms with Gasteiger partial charge in [-0.3, -0.25) is 0 Å². The van der Waals surface area contributed by atoms with Crippen LogP contribution >= 0.6 is 27.5 Å². The van der Waals surface area contributed by atoms with E-state index in [4.69, 9.17) is 16.3 Å². The minimum absolute atomic E-state index is 0.431. The van der Waals surface area contributed by atoms with Crippen molar-refractivity contribution in [1.82, 2.24) is 9.97 Å². The molecule has 19 heavy (non-hydrogen) atoms. The van der Waals surface area contributed by atoms with Crippen LogP contribution in [0.5, 0.6) is 0 Å². The average Bonchev–Trinajstić information content (AvgIpc) is 2.44. The summed E-state index contributed by atoms with van der Waals surface area (Å²) in [5.74, 6) is 0.695. The first kappa shape index (κ1) is 14.4. The van der Waals surface area contributed by atoms with Gasteiger partial charge in [0.1, 0.15) is 11.0 Å². The van der Waals surface area contributed by atoms with Gasteiger partial charge in [-0.15, -0.1) is 0 Å². The molecule has 0 saturated carbocycles. The van der Waals surface area contributed by atoms with Gasteiger partial charge in [-0.2, -0.15) is 0 Å². The second-order valence-electron chi connectivity index (χ2n) is 3.91. The molecule has 0 bridgehead atoms. The zero-order valence-electron chi connectivity index (χ0n) is 10.6. The van der Waals surface area contributed by atoms with E-state index in [1.807, 2.05) is 37.3 Å². The number of nitrogens with zero attached hydrogens (tertiary/aromatic N) is 2. The summed E-state index contributed by atoms with van der Waals surface area (Å²) >= 11 is 9.59. The molecule has 0 radical (unpaired) electrons. The summed E-state index contributed by atoms with van der Waals surface area (Å²) in [4.78, 5) is 8.81. The molecule has 3 nitrogen and oxygen atoms in total. The highest BCUT2D eigenvalue weighted by Crippen LogP contribution is 2.31. The summed E-state index contributed by atoms with van der Waals surface area (Å²) in [7, 11) is 0. The van der Waals surface area contributed by atoms with E-state index < -0.39 is 0 Å². The van der Waals surface area contributed by atoms with Gasteiger partial charge < -0.3 is 4.74 Å². The van der Waals surface area contributed by atoms with Gasteiger partial charge in [0.05, 0.1) is 16.8 Å². The molecule has 1 aromatic carbocycles. The van der Waals surface area contributed by atoms with E-state index in [2.05, 4.69) is 25.9 Å². The molecule has 0 aliphatic heterocycles. The topological polar surface area (TPSA) is 35.0 Å². The highest BCUT2D eigenvalue weighted by Gasteiger charge is 2.12. The molecule has 100 valence electrons. The van der Waals surface area contributed by atoms with Crippen LogP contribution in [0.4, 0.5) is 0 Å². The lowest BCUT2D eigenvalue weighted by Crippen LogP contribution is -2.04. The largest absolute Gasteiger partial charge is 0.381 e. The molecule has 0 N–H and O–H groups in total. The number of ether oxygens (including phenoxy) is 1. The van der Waals surface area contributed by atoms with Crippen LogP contribution in [0, 0.1) is 0 Å². The maximum Gasteiger partial charge on any atom is 0.147 e. The molecule has 1 aromatic heterocycles. The molecular formula is C14H14BrClN2O. The Morgan fingerprint density at radius 3 is 2.63 bits per heavy atom. The molecule has 1 heterocycles. The number of hydrogen-bond acceptors (Lipinski definition) is 3. The van der Waals surface area contributed by atoms with E-state index in [1.54, 1.807) is 0 Å². The highest BCUT2D eigenvalue weighted by atomic mass is 79.9. The third-order valence-corrected chi connectivity index (χ3v) is 3.83. The van der Waals surface area contributed by atoms with E-state index in [1.165, 1.54) is 0 Å². The molecule has 5 heteroatoms. The first-order valence-corrected chi connectivity index (χ1v) is 7.24. The lowest BCUT2D eigenvalue weighted by atomic mass is 10.1. The Morgan fingerprint density at radius 2 is 1.95 bits per heavy atom. The lowest BCUT2D eigenvalue weighted by Gasteiger charge is -2.08. The molecule has 0 atom stereocenters. The van der Waals surface area contributed by atoms with Crippen molar-refractivity contribution in [3.05, 3.63) is 45.8 Å². The molecule has 2 rings (SSSR count). The molecule has 0 fully saturated rings. The summed E-state index contributed by atoms with van der Waals surface area (Å²) in [5.41, 5.74) is 1.82. The average molecular weight is 342 g/mol. The third-order valence-electron chi connectivity index (χ3n) is 2.58. The predicted molar refractivity (Wildman–Crippen MR) is 80.4 cm³/mol. The van der Waals surface area contributed by atoms with Crippen LogP contribution in [0.3, 0.4) is 0 Å². The van der Waals surface area contributed by atoms with Crippen molar-refractivity contribution in [2.75, 3.05) is 13.2 Å². The third kappa shape index (κ3) is 3.75. The summed E-state index contributed by atoms with van der Waals surface area (Å²) < 4.78 is 6.04. The molecule has 0 unspecified atom stereocenters. The lowest BCUT2D eigenvalue weighted by molar-refractivity contribution is 0.149. The SMILES string of the molecule is CCOCCc1nc(Cl)c(Br)c(-c2ccccc2)n1. The van der Waals surface area contributed by atoms with E-state index in [0.29, 0.717) is 30.6 Å². The van der Waals surface area contributed by atoms with Crippen molar-refractivity contribution in [2.45, 2.75) is 13.3 Å².